The Kier molecular flexibility index (Phi) is 12.1. The lowest BCUT2D eigenvalue weighted by Gasteiger charge is -2.62. The van der Waals surface area contributed by atoms with E-state index in [2.05, 4.69) is 26.3 Å². The Bertz CT molecular complexity index is 2080. The van der Waals surface area contributed by atoms with E-state index in [9.17, 15) is 49.8 Å². The third-order valence-electron chi connectivity index (χ3n) is 18.2. The second-order valence-corrected chi connectivity index (χ2v) is 25.6. The van der Waals surface area contributed by atoms with Gasteiger partial charge in [-0.25, -0.2) is 19.2 Å². The van der Waals surface area contributed by atoms with Crippen LogP contribution in [0.1, 0.15) is 168 Å². The monoisotopic (exact) mass is 949 g/mol. The van der Waals surface area contributed by atoms with Crippen LogP contribution in [-0.2, 0) is 38.1 Å². The molecule has 8 unspecified atom stereocenters. The van der Waals surface area contributed by atoms with Crippen LogP contribution in [0.3, 0.4) is 0 Å². The minimum atomic E-state index is -0.858. The number of carbonyl (C=O) groups is 4. The van der Waals surface area contributed by atoms with Crippen molar-refractivity contribution in [1.29, 1.82) is 0 Å². The molecule has 0 amide bonds. The Balaban J connectivity index is 0.000000113. The summed E-state index contributed by atoms with van der Waals surface area (Å²) >= 11 is 0. The van der Waals surface area contributed by atoms with E-state index in [0.29, 0.717) is 86.2 Å². The fraction of sp³-hybridized carbons (Fsp3) is 0.778. The van der Waals surface area contributed by atoms with Crippen LogP contribution in [0.25, 0.3) is 0 Å². The summed E-state index contributed by atoms with van der Waals surface area (Å²) in [4.78, 5) is 46.3. The summed E-state index contributed by atoms with van der Waals surface area (Å²) in [6.07, 6.45) is 20.5. The molecule has 16 aliphatic carbocycles. The van der Waals surface area contributed by atoms with Crippen LogP contribution in [0.2, 0.25) is 0 Å². The molecule has 0 aromatic carbocycles. The van der Waals surface area contributed by atoms with Gasteiger partial charge in [0.05, 0.1) is 33.6 Å². The molecule has 14 heteroatoms. The Morgan fingerprint density at radius 1 is 0.382 bits per heavy atom. The fourth-order valence-corrected chi connectivity index (χ4v) is 18.3. The van der Waals surface area contributed by atoms with Crippen molar-refractivity contribution in [3.05, 3.63) is 49.6 Å². The van der Waals surface area contributed by atoms with Crippen molar-refractivity contribution in [3.8, 4) is 0 Å². The van der Waals surface area contributed by atoms with Crippen LogP contribution < -0.4 is 0 Å². The largest absolute Gasteiger partial charge is 0.456 e. The summed E-state index contributed by atoms with van der Waals surface area (Å²) in [6, 6.07) is 0. The zero-order valence-electron chi connectivity index (χ0n) is 40.4. The minimum Gasteiger partial charge on any atom is -0.456 e. The number of hydrogen-bond acceptors (Lipinski definition) is 14. The predicted octanol–water partition coefficient (Wildman–Crippen LogP) is 6.21. The van der Waals surface area contributed by atoms with E-state index in [1.54, 1.807) is 13.8 Å². The molecule has 0 aromatic heterocycles. The molecule has 14 nitrogen and oxygen atoms in total. The SMILES string of the molecule is C=C(C)C(=O)OC12CC3CC(CC(O)(C3)C1)C2.C=C(C)C(=O)OC12CC3CC(O)(CC(O)(C3)C1)C2.C=CC(=O)OC12CC3CC(CC(O)(C3)C1)C2.C=CC(=O)OC12CC3CC(O)(CC(O)(C3)C1)C2. The summed E-state index contributed by atoms with van der Waals surface area (Å²) in [5, 5.41) is 62.8. The summed E-state index contributed by atoms with van der Waals surface area (Å²) in [5.74, 6) is 1.18. The Hall–Kier alpha value is -3.40. The number of aliphatic hydroxyl groups is 6. The first-order valence-corrected chi connectivity index (χ1v) is 25.3. The molecule has 376 valence electrons. The van der Waals surface area contributed by atoms with Gasteiger partial charge in [-0.05, 0) is 152 Å². The molecular formula is C54H76O14. The van der Waals surface area contributed by atoms with Gasteiger partial charge in [0.1, 0.15) is 22.4 Å². The van der Waals surface area contributed by atoms with Crippen molar-refractivity contribution in [2.24, 2.45) is 35.5 Å². The predicted molar refractivity (Wildman–Crippen MR) is 247 cm³/mol. The van der Waals surface area contributed by atoms with Crippen molar-refractivity contribution in [2.75, 3.05) is 0 Å². The molecule has 0 aliphatic heterocycles. The molecule has 0 aromatic rings. The molecule has 16 bridgehead atoms. The Morgan fingerprint density at radius 3 is 0.926 bits per heavy atom. The van der Waals surface area contributed by atoms with Crippen molar-refractivity contribution in [2.45, 2.75) is 224 Å². The normalized spacial score (nSPS) is 49.1. The number of carbonyl (C=O) groups excluding carboxylic acids is 4. The van der Waals surface area contributed by atoms with Gasteiger partial charge in [0, 0.05) is 74.7 Å². The van der Waals surface area contributed by atoms with E-state index < -0.39 is 62.3 Å². The van der Waals surface area contributed by atoms with Gasteiger partial charge in [-0.15, -0.1) is 0 Å². The van der Waals surface area contributed by atoms with Crippen molar-refractivity contribution in [1.82, 2.24) is 0 Å². The lowest BCUT2D eigenvalue weighted by Crippen LogP contribution is -2.67. The van der Waals surface area contributed by atoms with E-state index >= 15 is 0 Å². The van der Waals surface area contributed by atoms with Gasteiger partial charge in [0.2, 0.25) is 0 Å². The van der Waals surface area contributed by atoms with Crippen molar-refractivity contribution in [3.63, 3.8) is 0 Å². The summed E-state index contributed by atoms with van der Waals surface area (Å²) in [6.45, 7) is 17.4. The second-order valence-electron chi connectivity index (χ2n) is 25.6. The van der Waals surface area contributed by atoms with Gasteiger partial charge in [-0.3, -0.25) is 0 Å². The first-order chi connectivity index (χ1) is 31.5. The van der Waals surface area contributed by atoms with Gasteiger partial charge < -0.3 is 49.6 Å². The molecule has 6 N–H and O–H groups in total. The molecule has 0 saturated heterocycles. The quantitative estimate of drug-likeness (QED) is 0.0905. The van der Waals surface area contributed by atoms with Gasteiger partial charge in [-0.1, -0.05) is 26.3 Å². The van der Waals surface area contributed by atoms with Gasteiger partial charge in [0.15, 0.2) is 0 Å². The highest BCUT2D eigenvalue weighted by atomic mass is 16.6. The van der Waals surface area contributed by atoms with E-state index in [4.69, 9.17) is 18.9 Å². The first-order valence-electron chi connectivity index (χ1n) is 25.3. The fourth-order valence-electron chi connectivity index (χ4n) is 18.3. The zero-order chi connectivity index (χ0) is 49.1. The smallest absolute Gasteiger partial charge is 0.333 e. The molecule has 0 radical (unpaired) electrons. The van der Waals surface area contributed by atoms with E-state index in [0.717, 1.165) is 96.0 Å². The number of hydrogen-bond donors (Lipinski definition) is 6. The number of esters is 4. The topological polar surface area (TPSA) is 227 Å². The molecule has 0 spiro atoms. The second kappa shape index (κ2) is 16.6. The zero-order valence-corrected chi connectivity index (χ0v) is 40.4. The molecule has 68 heavy (non-hydrogen) atoms. The first kappa shape index (κ1) is 49.6. The van der Waals surface area contributed by atoms with Gasteiger partial charge >= 0.3 is 23.9 Å². The molecular weight excluding hydrogens is 873 g/mol. The highest BCUT2D eigenvalue weighted by Gasteiger charge is 2.66. The van der Waals surface area contributed by atoms with Crippen LogP contribution in [-0.4, -0.2) is 111 Å². The lowest BCUT2D eigenvalue weighted by molar-refractivity contribution is -0.261. The molecule has 16 fully saturated rings. The maximum Gasteiger partial charge on any atom is 0.333 e. The van der Waals surface area contributed by atoms with Crippen molar-refractivity contribution < 1.29 is 68.8 Å². The van der Waals surface area contributed by atoms with Crippen molar-refractivity contribution >= 4 is 23.9 Å². The van der Waals surface area contributed by atoms with Crippen LogP contribution in [0.4, 0.5) is 0 Å². The Morgan fingerprint density at radius 2 is 0.632 bits per heavy atom. The highest BCUT2D eigenvalue weighted by molar-refractivity contribution is 5.88. The molecule has 16 aliphatic rings. The third-order valence-corrected chi connectivity index (χ3v) is 18.2. The van der Waals surface area contributed by atoms with E-state index in [-0.39, 0.29) is 29.4 Å². The van der Waals surface area contributed by atoms with Gasteiger partial charge in [0.25, 0.3) is 0 Å². The summed E-state index contributed by atoms with van der Waals surface area (Å²) in [5.41, 5.74) is -5.87. The van der Waals surface area contributed by atoms with E-state index in [1.165, 1.54) is 18.9 Å². The lowest BCUT2D eigenvalue weighted by atomic mass is 9.50. The number of rotatable bonds is 8. The average Bonchev–Trinajstić information content (AvgIpc) is 3.13. The summed E-state index contributed by atoms with van der Waals surface area (Å²) in [7, 11) is 0. The third kappa shape index (κ3) is 9.94. The van der Waals surface area contributed by atoms with E-state index in [1.807, 2.05) is 0 Å². The maximum atomic E-state index is 11.8. The van der Waals surface area contributed by atoms with Crippen LogP contribution in [0.5, 0.6) is 0 Å². The average molecular weight is 949 g/mol. The Labute approximate surface area is 400 Å². The molecule has 16 saturated carbocycles. The standard InChI is InChI=1S/C14H20O4.C14H20O3.C13H18O4.C13H18O3/c1-9(2)11(15)18-14-5-10-3-12(16,7-14)6-13(17,4-10)8-14;1-9(2)12(15)17-14-6-10-3-11(7-14)5-13(16,4-10)8-14;1-2-10(14)17-13-5-9-3-11(15,7-13)6-12(16,4-9)8-13;1-2-11(14)16-13-6-9-3-10(7-13)5-12(15,4-9)8-13/h10,16-17H,1,3-8H2,2H3;10-11,16H,1,3-8H2,2H3;2,9,15-16H,1,3-8H2;2,9-10,15H,1,3-8H2. The molecule has 0 heterocycles. The van der Waals surface area contributed by atoms with Gasteiger partial charge in [-0.2, -0.15) is 0 Å². The summed E-state index contributed by atoms with van der Waals surface area (Å²) < 4.78 is 22.3. The minimum absolute atomic E-state index is 0.258. The maximum absolute atomic E-state index is 11.8. The van der Waals surface area contributed by atoms with Crippen LogP contribution in [0.15, 0.2) is 49.6 Å². The van der Waals surface area contributed by atoms with Crippen LogP contribution in [0, 0.1) is 35.5 Å². The molecule has 16 rings (SSSR count). The van der Waals surface area contributed by atoms with Crippen LogP contribution >= 0.6 is 0 Å². The number of ether oxygens (including phenoxy) is 4. The molecule has 8 atom stereocenters. The highest BCUT2D eigenvalue weighted by Crippen LogP contribution is 2.63.